The van der Waals surface area contributed by atoms with Crippen LogP contribution in [0.15, 0.2) is 18.2 Å². The van der Waals surface area contributed by atoms with Crippen molar-refractivity contribution in [2.24, 2.45) is 0 Å². The summed E-state index contributed by atoms with van der Waals surface area (Å²) in [7, 11) is 3.20. The number of methoxy groups -OCH3 is 2. The average Bonchev–Trinajstić information content (AvgIpc) is 2.42. The highest BCUT2D eigenvalue weighted by Crippen LogP contribution is 2.31. The summed E-state index contributed by atoms with van der Waals surface area (Å²) in [6.45, 7) is 7.50. The molecule has 1 aromatic carbocycles. The molecular formula is C16H25NO4. The number of rotatable bonds is 5. The zero-order chi connectivity index (χ0) is 16.0. The molecule has 1 atom stereocenters. The second-order valence-electron chi connectivity index (χ2n) is 5.71. The Bertz CT molecular complexity index is 480. The van der Waals surface area contributed by atoms with E-state index in [1.807, 2.05) is 39.8 Å². The van der Waals surface area contributed by atoms with Crippen molar-refractivity contribution in [2.45, 2.75) is 45.8 Å². The minimum Gasteiger partial charge on any atom is -0.497 e. The van der Waals surface area contributed by atoms with Crippen molar-refractivity contribution in [3.05, 3.63) is 23.8 Å². The maximum absolute atomic E-state index is 11.9. The molecule has 118 valence electrons. The summed E-state index contributed by atoms with van der Waals surface area (Å²) in [5.41, 5.74) is 0.374. The first-order valence-electron chi connectivity index (χ1n) is 7.02. The van der Waals surface area contributed by atoms with E-state index < -0.39 is 11.7 Å². The Morgan fingerprint density at radius 2 is 1.90 bits per heavy atom. The van der Waals surface area contributed by atoms with Crippen molar-refractivity contribution in [3.63, 3.8) is 0 Å². The molecule has 1 amide bonds. The van der Waals surface area contributed by atoms with E-state index in [-0.39, 0.29) is 6.04 Å². The largest absolute Gasteiger partial charge is 0.497 e. The lowest BCUT2D eigenvalue weighted by atomic mass is 10.0. The molecule has 0 aliphatic rings. The normalized spacial score (nSPS) is 12.5. The average molecular weight is 295 g/mol. The van der Waals surface area contributed by atoms with Crippen LogP contribution >= 0.6 is 0 Å². The Morgan fingerprint density at radius 1 is 1.24 bits per heavy atom. The number of amides is 1. The predicted octanol–water partition coefficient (Wildman–Crippen LogP) is 3.68. The number of carbonyl (C=O) groups is 1. The second-order valence-corrected chi connectivity index (χ2v) is 5.71. The lowest BCUT2D eigenvalue weighted by Gasteiger charge is -2.24. The van der Waals surface area contributed by atoms with Gasteiger partial charge < -0.3 is 19.5 Å². The minimum absolute atomic E-state index is 0.180. The van der Waals surface area contributed by atoms with E-state index in [9.17, 15) is 4.79 Å². The Morgan fingerprint density at radius 3 is 2.38 bits per heavy atom. The molecule has 0 bridgehead atoms. The smallest absolute Gasteiger partial charge is 0.408 e. The molecule has 5 nitrogen and oxygen atoms in total. The van der Waals surface area contributed by atoms with E-state index in [2.05, 4.69) is 5.32 Å². The Labute approximate surface area is 126 Å². The van der Waals surface area contributed by atoms with Crippen LogP contribution in [0.1, 0.15) is 45.7 Å². The number of alkyl carbamates (subject to hydrolysis) is 1. The van der Waals surface area contributed by atoms with Crippen LogP contribution in [0, 0.1) is 0 Å². The molecule has 0 aromatic heterocycles. The molecule has 0 saturated carbocycles. The van der Waals surface area contributed by atoms with E-state index in [1.165, 1.54) is 0 Å². The fourth-order valence-corrected chi connectivity index (χ4v) is 1.96. The molecule has 1 N–H and O–H groups in total. The Balaban J connectivity index is 2.92. The predicted molar refractivity (Wildman–Crippen MR) is 81.9 cm³/mol. The van der Waals surface area contributed by atoms with Crippen molar-refractivity contribution < 1.29 is 19.0 Å². The molecule has 0 aliphatic heterocycles. The molecule has 0 saturated heterocycles. The van der Waals surface area contributed by atoms with Gasteiger partial charge in [0.05, 0.1) is 20.3 Å². The van der Waals surface area contributed by atoms with Gasteiger partial charge in [0.2, 0.25) is 0 Å². The van der Waals surface area contributed by atoms with Crippen molar-refractivity contribution in [1.82, 2.24) is 5.32 Å². The maximum Gasteiger partial charge on any atom is 0.408 e. The van der Waals surface area contributed by atoms with E-state index in [0.717, 1.165) is 12.0 Å². The summed E-state index contributed by atoms with van der Waals surface area (Å²) < 4.78 is 15.9. The summed E-state index contributed by atoms with van der Waals surface area (Å²) in [5, 5.41) is 2.87. The molecule has 1 aromatic rings. The van der Waals surface area contributed by atoms with E-state index in [4.69, 9.17) is 14.2 Å². The third-order valence-electron chi connectivity index (χ3n) is 2.92. The van der Waals surface area contributed by atoms with Crippen LogP contribution in [0.5, 0.6) is 11.5 Å². The first kappa shape index (κ1) is 17.1. The molecule has 5 heteroatoms. The molecule has 21 heavy (non-hydrogen) atoms. The molecular weight excluding hydrogens is 270 g/mol. The van der Waals surface area contributed by atoms with Gasteiger partial charge in [-0.2, -0.15) is 0 Å². The van der Waals surface area contributed by atoms with Crippen molar-refractivity contribution in [3.8, 4) is 11.5 Å². The Kier molecular flexibility index (Phi) is 5.88. The highest BCUT2D eigenvalue weighted by molar-refractivity contribution is 5.68. The van der Waals surface area contributed by atoms with Gasteiger partial charge in [-0.05, 0) is 39.3 Å². The second kappa shape index (κ2) is 7.20. The number of hydrogen-bond donors (Lipinski definition) is 1. The summed E-state index contributed by atoms with van der Waals surface area (Å²) in [5.74, 6) is 1.39. The zero-order valence-corrected chi connectivity index (χ0v) is 13.6. The highest BCUT2D eigenvalue weighted by Gasteiger charge is 2.21. The van der Waals surface area contributed by atoms with Gasteiger partial charge in [0, 0.05) is 11.6 Å². The first-order chi connectivity index (χ1) is 9.80. The van der Waals surface area contributed by atoms with Gasteiger partial charge in [-0.3, -0.25) is 0 Å². The molecule has 1 rings (SSSR count). The fraction of sp³-hybridized carbons (Fsp3) is 0.562. The standard InChI is InChI=1S/C16H25NO4/c1-7-13(17-15(18)21-16(2,3)4)12-9-8-11(19-5)10-14(12)20-6/h8-10,13H,7H2,1-6H3,(H,17,18). The van der Waals surface area contributed by atoms with Gasteiger partial charge in [-0.15, -0.1) is 0 Å². The lowest BCUT2D eigenvalue weighted by molar-refractivity contribution is 0.0501. The van der Waals surface area contributed by atoms with Crippen LogP contribution < -0.4 is 14.8 Å². The van der Waals surface area contributed by atoms with Crippen molar-refractivity contribution >= 4 is 6.09 Å². The van der Waals surface area contributed by atoms with Crippen LogP contribution in [-0.4, -0.2) is 25.9 Å². The molecule has 0 radical (unpaired) electrons. The number of hydrogen-bond acceptors (Lipinski definition) is 4. The van der Waals surface area contributed by atoms with Crippen LogP contribution in [0.2, 0.25) is 0 Å². The summed E-state index contributed by atoms with van der Waals surface area (Å²) >= 11 is 0. The van der Waals surface area contributed by atoms with Gasteiger partial charge >= 0.3 is 6.09 Å². The summed E-state index contributed by atoms with van der Waals surface area (Å²) in [6, 6.07) is 5.36. The molecule has 0 spiro atoms. The third kappa shape index (κ3) is 5.17. The first-order valence-corrected chi connectivity index (χ1v) is 7.02. The van der Waals surface area contributed by atoms with Crippen molar-refractivity contribution in [1.29, 1.82) is 0 Å². The quantitative estimate of drug-likeness (QED) is 0.900. The monoisotopic (exact) mass is 295 g/mol. The maximum atomic E-state index is 11.9. The minimum atomic E-state index is -0.521. The molecule has 0 heterocycles. The van der Waals surface area contributed by atoms with E-state index >= 15 is 0 Å². The van der Waals surface area contributed by atoms with Gasteiger partial charge in [0.15, 0.2) is 0 Å². The summed E-state index contributed by atoms with van der Waals surface area (Å²) in [6.07, 6.45) is 0.286. The van der Waals surface area contributed by atoms with E-state index in [1.54, 1.807) is 20.3 Å². The lowest BCUT2D eigenvalue weighted by Crippen LogP contribution is -2.34. The third-order valence-corrected chi connectivity index (χ3v) is 2.92. The molecule has 0 fully saturated rings. The number of nitrogens with one attached hydrogen (secondary N) is 1. The van der Waals surface area contributed by atoms with Crippen LogP contribution in [0.4, 0.5) is 4.79 Å². The molecule has 1 unspecified atom stereocenters. The number of carbonyl (C=O) groups excluding carboxylic acids is 1. The topological polar surface area (TPSA) is 56.8 Å². The highest BCUT2D eigenvalue weighted by atomic mass is 16.6. The van der Waals surface area contributed by atoms with Crippen LogP contribution in [0.3, 0.4) is 0 Å². The van der Waals surface area contributed by atoms with E-state index in [0.29, 0.717) is 11.5 Å². The number of benzene rings is 1. The SMILES string of the molecule is CCC(NC(=O)OC(C)(C)C)c1ccc(OC)cc1OC. The van der Waals surface area contributed by atoms with Gasteiger partial charge in [-0.25, -0.2) is 4.79 Å². The molecule has 0 aliphatic carbocycles. The fourth-order valence-electron chi connectivity index (χ4n) is 1.96. The van der Waals surface area contributed by atoms with Crippen LogP contribution in [0.25, 0.3) is 0 Å². The summed E-state index contributed by atoms with van der Waals surface area (Å²) in [4.78, 5) is 11.9. The van der Waals surface area contributed by atoms with Gasteiger partial charge in [0.1, 0.15) is 17.1 Å². The van der Waals surface area contributed by atoms with Crippen molar-refractivity contribution in [2.75, 3.05) is 14.2 Å². The Hall–Kier alpha value is -1.91. The van der Waals surface area contributed by atoms with Gasteiger partial charge in [-0.1, -0.05) is 6.92 Å². The number of ether oxygens (including phenoxy) is 3. The van der Waals surface area contributed by atoms with Crippen LogP contribution in [-0.2, 0) is 4.74 Å². The van der Waals surface area contributed by atoms with Gasteiger partial charge in [0.25, 0.3) is 0 Å². The zero-order valence-electron chi connectivity index (χ0n) is 13.6.